The van der Waals surface area contributed by atoms with Crippen LogP contribution in [0.1, 0.15) is 39.5 Å². The Hall–Kier alpha value is -0.850. The number of hydrogen-bond donors (Lipinski definition) is 3. The third-order valence-electron chi connectivity index (χ3n) is 4.16. The summed E-state index contributed by atoms with van der Waals surface area (Å²) in [5.74, 6) is 0.131. The average Bonchev–Trinajstić information content (AvgIpc) is 2.50. The lowest BCUT2D eigenvalue weighted by atomic mass is 9.87. The Morgan fingerprint density at radius 3 is 2.27 bits per heavy atom. The first-order valence-corrected chi connectivity index (χ1v) is 7.76. The van der Waals surface area contributed by atoms with E-state index in [1.807, 2.05) is 13.8 Å². The first-order valence-electron chi connectivity index (χ1n) is 7.76. The van der Waals surface area contributed by atoms with Crippen molar-refractivity contribution in [3.05, 3.63) is 0 Å². The van der Waals surface area contributed by atoms with Crippen LogP contribution in [-0.4, -0.2) is 44.2 Å². The molecule has 2 amide bonds. The predicted molar refractivity (Wildman–Crippen MR) is 88.8 cm³/mol. The molecular weight excluding hydrogens is 306 g/mol. The van der Waals surface area contributed by atoms with E-state index in [1.165, 1.54) is 0 Å². The second kappa shape index (κ2) is 10.8. The molecule has 130 valence electrons. The van der Waals surface area contributed by atoms with Crippen molar-refractivity contribution in [3.63, 3.8) is 0 Å². The quantitative estimate of drug-likeness (QED) is 0.642. The van der Waals surface area contributed by atoms with Crippen LogP contribution in [0.5, 0.6) is 0 Å². The lowest BCUT2D eigenvalue weighted by molar-refractivity contribution is -0.127. The van der Waals surface area contributed by atoms with E-state index in [2.05, 4.69) is 10.6 Å². The minimum atomic E-state index is -0.567. The number of methoxy groups -OCH3 is 1. The third kappa shape index (κ3) is 7.42. The smallest absolute Gasteiger partial charge is 0.239 e. The highest BCUT2D eigenvalue weighted by Crippen LogP contribution is 2.25. The molecule has 6 nitrogen and oxygen atoms in total. The lowest BCUT2D eigenvalue weighted by Crippen LogP contribution is -2.47. The monoisotopic (exact) mass is 335 g/mol. The van der Waals surface area contributed by atoms with Crippen LogP contribution >= 0.6 is 12.4 Å². The van der Waals surface area contributed by atoms with Gasteiger partial charge in [-0.3, -0.25) is 9.59 Å². The molecule has 1 saturated carbocycles. The van der Waals surface area contributed by atoms with Crippen molar-refractivity contribution in [2.75, 3.05) is 20.2 Å². The zero-order valence-electron chi connectivity index (χ0n) is 13.8. The number of ether oxygens (including phenoxy) is 1. The summed E-state index contributed by atoms with van der Waals surface area (Å²) < 4.78 is 5.32. The fourth-order valence-electron chi connectivity index (χ4n) is 2.48. The van der Waals surface area contributed by atoms with Crippen LogP contribution in [0.15, 0.2) is 0 Å². The summed E-state index contributed by atoms with van der Waals surface area (Å²) in [5.41, 5.74) is 5.71. The zero-order chi connectivity index (χ0) is 15.8. The fraction of sp³-hybridized carbons (Fsp3) is 0.867. The van der Waals surface area contributed by atoms with Gasteiger partial charge >= 0.3 is 0 Å². The van der Waals surface area contributed by atoms with E-state index < -0.39 is 6.04 Å². The second-order valence-corrected chi connectivity index (χ2v) is 6.17. The van der Waals surface area contributed by atoms with Crippen LogP contribution in [0.2, 0.25) is 0 Å². The number of halogens is 1. The topological polar surface area (TPSA) is 93.5 Å². The molecule has 0 unspecified atom stereocenters. The molecule has 0 aromatic heterocycles. The average molecular weight is 336 g/mol. The number of carbonyl (C=O) groups is 2. The molecule has 0 radical (unpaired) electrons. The Morgan fingerprint density at radius 2 is 1.77 bits per heavy atom. The molecule has 1 aliphatic carbocycles. The van der Waals surface area contributed by atoms with Crippen molar-refractivity contribution >= 4 is 24.2 Å². The highest BCUT2D eigenvalue weighted by atomic mass is 35.5. The largest absolute Gasteiger partial charge is 0.381 e. The number of nitrogens with two attached hydrogens (primary N) is 1. The number of amides is 2. The summed E-state index contributed by atoms with van der Waals surface area (Å²) in [7, 11) is 1.75. The van der Waals surface area contributed by atoms with E-state index in [1.54, 1.807) is 7.11 Å². The maximum Gasteiger partial charge on any atom is 0.239 e. The zero-order valence-corrected chi connectivity index (χ0v) is 14.6. The summed E-state index contributed by atoms with van der Waals surface area (Å²) in [6, 6.07) is -0.567. The predicted octanol–water partition coefficient (Wildman–Crippen LogP) is 0.829. The Morgan fingerprint density at radius 1 is 1.18 bits per heavy atom. The molecule has 0 aromatic rings. The second-order valence-electron chi connectivity index (χ2n) is 6.17. The number of carbonyl (C=O) groups excluding carboxylic acids is 2. The number of nitrogens with one attached hydrogen (secondary N) is 2. The van der Waals surface area contributed by atoms with Gasteiger partial charge in [-0.15, -0.1) is 12.4 Å². The number of hydrogen-bond acceptors (Lipinski definition) is 4. The summed E-state index contributed by atoms with van der Waals surface area (Å²) >= 11 is 0. The van der Waals surface area contributed by atoms with Gasteiger partial charge in [0.15, 0.2) is 0 Å². The van der Waals surface area contributed by atoms with Crippen LogP contribution in [0.4, 0.5) is 0 Å². The molecule has 0 spiro atoms. The molecule has 1 atom stereocenters. The van der Waals surface area contributed by atoms with Gasteiger partial charge in [0.1, 0.15) is 0 Å². The summed E-state index contributed by atoms with van der Waals surface area (Å²) in [6.07, 6.45) is 4.62. The van der Waals surface area contributed by atoms with Crippen LogP contribution in [0.25, 0.3) is 0 Å². The molecule has 0 heterocycles. The SMILES string of the molecule is COC1CCC(CNC(=O)CNC(=O)[C@@H](N)C(C)C)CC1.Cl. The van der Waals surface area contributed by atoms with Gasteiger partial charge < -0.3 is 21.1 Å². The molecule has 0 aromatic carbocycles. The normalized spacial score (nSPS) is 22.6. The molecule has 0 saturated heterocycles. The molecule has 1 aliphatic rings. The Bertz CT molecular complexity index is 345. The first-order chi connectivity index (χ1) is 9.93. The van der Waals surface area contributed by atoms with Gasteiger partial charge in [-0.25, -0.2) is 0 Å². The molecule has 22 heavy (non-hydrogen) atoms. The minimum Gasteiger partial charge on any atom is -0.381 e. The van der Waals surface area contributed by atoms with Crippen molar-refractivity contribution in [3.8, 4) is 0 Å². The van der Waals surface area contributed by atoms with Crippen LogP contribution in [-0.2, 0) is 14.3 Å². The van der Waals surface area contributed by atoms with E-state index in [0.717, 1.165) is 25.7 Å². The standard InChI is InChI=1S/C15H29N3O3.ClH/c1-10(2)14(16)15(20)18-9-13(19)17-8-11-4-6-12(21-3)7-5-11;/h10-12,14H,4-9,16H2,1-3H3,(H,17,19)(H,18,20);1H/t11?,12?,14-;/m0./s1. The van der Waals surface area contributed by atoms with Gasteiger partial charge in [-0.1, -0.05) is 13.8 Å². The van der Waals surface area contributed by atoms with Gasteiger partial charge in [-0.05, 0) is 37.5 Å². The van der Waals surface area contributed by atoms with E-state index in [-0.39, 0.29) is 36.7 Å². The van der Waals surface area contributed by atoms with E-state index in [0.29, 0.717) is 18.6 Å². The third-order valence-corrected chi connectivity index (χ3v) is 4.16. The molecule has 4 N–H and O–H groups in total. The van der Waals surface area contributed by atoms with Gasteiger partial charge in [0, 0.05) is 13.7 Å². The van der Waals surface area contributed by atoms with Crippen molar-refractivity contribution in [1.29, 1.82) is 0 Å². The van der Waals surface area contributed by atoms with Gasteiger partial charge in [-0.2, -0.15) is 0 Å². The summed E-state index contributed by atoms with van der Waals surface area (Å²) in [5, 5.41) is 5.44. The maximum absolute atomic E-state index is 11.7. The van der Waals surface area contributed by atoms with Crippen LogP contribution in [0.3, 0.4) is 0 Å². The molecule has 1 fully saturated rings. The van der Waals surface area contributed by atoms with E-state index in [9.17, 15) is 9.59 Å². The molecule has 7 heteroatoms. The van der Waals surface area contributed by atoms with Crippen LogP contribution in [0, 0.1) is 11.8 Å². The van der Waals surface area contributed by atoms with Gasteiger partial charge in [0.05, 0.1) is 18.7 Å². The Labute approximate surface area is 139 Å². The van der Waals surface area contributed by atoms with Crippen molar-refractivity contribution in [2.45, 2.75) is 51.7 Å². The van der Waals surface area contributed by atoms with Crippen molar-refractivity contribution in [2.24, 2.45) is 17.6 Å². The van der Waals surface area contributed by atoms with Crippen LogP contribution < -0.4 is 16.4 Å². The number of rotatable bonds is 7. The van der Waals surface area contributed by atoms with E-state index in [4.69, 9.17) is 10.5 Å². The van der Waals surface area contributed by atoms with Gasteiger partial charge in [0.2, 0.25) is 11.8 Å². The molecule has 0 aliphatic heterocycles. The summed E-state index contributed by atoms with van der Waals surface area (Å²) in [4.78, 5) is 23.3. The lowest BCUT2D eigenvalue weighted by Gasteiger charge is -2.27. The Balaban J connectivity index is 0.00000441. The fourth-order valence-corrected chi connectivity index (χ4v) is 2.48. The highest BCUT2D eigenvalue weighted by Gasteiger charge is 2.21. The maximum atomic E-state index is 11.7. The van der Waals surface area contributed by atoms with E-state index >= 15 is 0 Å². The Kier molecular flexibility index (Phi) is 10.4. The van der Waals surface area contributed by atoms with Crippen molar-refractivity contribution < 1.29 is 14.3 Å². The van der Waals surface area contributed by atoms with Gasteiger partial charge in [0.25, 0.3) is 0 Å². The first kappa shape index (κ1) is 21.1. The molecule has 0 bridgehead atoms. The summed E-state index contributed by atoms with van der Waals surface area (Å²) in [6.45, 7) is 4.41. The molecular formula is C15H30ClN3O3. The van der Waals surface area contributed by atoms with Crippen molar-refractivity contribution in [1.82, 2.24) is 10.6 Å². The highest BCUT2D eigenvalue weighted by molar-refractivity contribution is 5.87. The minimum absolute atomic E-state index is 0. The molecule has 1 rings (SSSR count).